The van der Waals surface area contributed by atoms with Gasteiger partial charge in [0.05, 0.1) is 5.56 Å². The minimum Gasteiger partial charge on any atom is -0.405 e. The average Bonchev–Trinajstić information content (AvgIpc) is 2.51. The van der Waals surface area contributed by atoms with Crippen molar-refractivity contribution in [1.29, 1.82) is 0 Å². The lowest BCUT2D eigenvalue weighted by Gasteiger charge is -2.30. The fraction of sp³-hybridized carbons (Fsp3) is 0.455. The van der Waals surface area contributed by atoms with Crippen molar-refractivity contribution in [1.82, 2.24) is 0 Å². The van der Waals surface area contributed by atoms with Crippen LogP contribution in [-0.4, -0.2) is 6.36 Å². The van der Waals surface area contributed by atoms with Gasteiger partial charge >= 0.3 is 12.5 Å². The Morgan fingerprint density at radius 2 is 1.28 bits per heavy atom. The molecule has 0 fully saturated rings. The summed E-state index contributed by atoms with van der Waals surface area (Å²) in [7, 11) is 0. The lowest BCUT2D eigenvalue weighted by molar-refractivity contribution is -0.275. The van der Waals surface area contributed by atoms with Gasteiger partial charge in [-0.15, -0.1) is 13.2 Å². The molecule has 0 atom stereocenters. The first-order chi connectivity index (χ1) is 13.0. The van der Waals surface area contributed by atoms with Crippen molar-refractivity contribution in [3.8, 4) is 5.75 Å². The van der Waals surface area contributed by atoms with Gasteiger partial charge in [0.15, 0.2) is 0 Å². The maximum Gasteiger partial charge on any atom is 0.573 e. The van der Waals surface area contributed by atoms with Crippen molar-refractivity contribution < 1.29 is 31.1 Å². The van der Waals surface area contributed by atoms with E-state index in [1.807, 2.05) is 0 Å². The van der Waals surface area contributed by atoms with E-state index < -0.39 is 28.9 Å². The number of rotatable bonds is 4. The van der Waals surface area contributed by atoms with Crippen LogP contribution in [0.2, 0.25) is 0 Å². The molecule has 0 aromatic heterocycles. The SMILES string of the molecule is CC(C)(C)c1ccc(CC(C)(C)c2ccccc2C(F)(F)F)cc1OC(F)(F)F. The van der Waals surface area contributed by atoms with Gasteiger partial charge in [0, 0.05) is 0 Å². The molecule has 0 saturated carbocycles. The Labute approximate surface area is 166 Å². The third kappa shape index (κ3) is 5.90. The Balaban J connectivity index is 2.48. The molecule has 0 N–H and O–H groups in total. The highest BCUT2D eigenvalue weighted by Gasteiger charge is 2.38. The molecule has 0 aliphatic rings. The molecule has 0 radical (unpaired) electrons. The van der Waals surface area contributed by atoms with Crippen LogP contribution in [0.25, 0.3) is 0 Å². The Morgan fingerprint density at radius 1 is 0.724 bits per heavy atom. The molecule has 0 saturated heterocycles. The van der Waals surface area contributed by atoms with Gasteiger partial charge in [-0.1, -0.05) is 65.0 Å². The first-order valence-corrected chi connectivity index (χ1v) is 9.06. The lowest BCUT2D eigenvalue weighted by atomic mass is 9.76. The van der Waals surface area contributed by atoms with Crippen molar-refractivity contribution in [3.63, 3.8) is 0 Å². The van der Waals surface area contributed by atoms with E-state index in [9.17, 15) is 26.3 Å². The van der Waals surface area contributed by atoms with Crippen LogP contribution in [0.1, 0.15) is 56.9 Å². The first kappa shape index (κ1) is 23.1. The molecule has 7 heteroatoms. The second kappa shape index (κ2) is 7.58. The molecule has 0 unspecified atom stereocenters. The molecule has 0 amide bonds. The van der Waals surface area contributed by atoms with Crippen molar-refractivity contribution in [2.24, 2.45) is 0 Å². The Hall–Kier alpha value is -2.18. The summed E-state index contributed by atoms with van der Waals surface area (Å²) in [5.41, 5.74) is -1.40. The molecule has 0 heterocycles. The van der Waals surface area contributed by atoms with Crippen molar-refractivity contribution in [2.45, 2.75) is 64.4 Å². The van der Waals surface area contributed by atoms with Crippen LogP contribution in [0, 0.1) is 0 Å². The van der Waals surface area contributed by atoms with Gasteiger partial charge in [-0.05, 0) is 46.1 Å². The minimum absolute atomic E-state index is 0.0886. The van der Waals surface area contributed by atoms with E-state index in [1.165, 1.54) is 24.3 Å². The van der Waals surface area contributed by atoms with E-state index in [-0.39, 0.29) is 17.7 Å². The van der Waals surface area contributed by atoms with Crippen LogP contribution in [0.4, 0.5) is 26.3 Å². The van der Waals surface area contributed by atoms with Crippen LogP contribution in [0.15, 0.2) is 42.5 Å². The number of halogens is 6. The first-order valence-electron chi connectivity index (χ1n) is 9.06. The van der Waals surface area contributed by atoms with Crippen molar-refractivity contribution in [2.75, 3.05) is 0 Å². The predicted molar refractivity (Wildman–Crippen MR) is 100.0 cm³/mol. The summed E-state index contributed by atoms with van der Waals surface area (Å²) in [6, 6.07) is 9.70. The monoisotopic (exact) mass is 418 g/mol. The third-order valence-electron chi connectivity index (χ3n) is 4.69. The number of ether oxygens (including phenoxy) is 1. The lowest BCUT2D eigenvalue weighted by Crippen LogP contribution is -2.26. The number of hydrogen-bond donors (Lipinski definition) is 0. The average molecular weight is 418 g/mol. The van der Waals surface area contributed by atoms with Crippen LogP contribution < -0.4 is 4.74 Å². The standard InChI is InChI=1S/C22H24F6O/c1-19(2,3)17-11-10-14(12-18(17)29-22(26,27)28)13-20(4,5)15-8-6-7-9-16(15)21(23,24)25/h6-12H,13H2,1-5H3. The van der Waals surface area contributed by atoms with E-state index in [0.717, 1.165) is 6.07 Å². The highest BCUT2D eigenvalue weighted by molar-refractivity contribution is 5.44. The summed E-state index contributed by atoms with van der Waals surface area (Å²) >= 11 is 0. The molecule has 0 aliphatic carbocycles. The molecule has 0 spiro atoms. The van der Waals surface area contributed by atoms with Gasteiger partial charge in [0.2, 0.25) is 0 Å². The molecular formula is C22H24F6O. The van der Waals surface area contributed by atoms with Crippen LogP contribution in [0.5, 0.6) is 5.75 Å². The number of alkyl halides is 6. The fourth-order valence-electron chi connectivity index (χ4n) is 3.43. The van der Waals surface area contributed by atoms with Crippen LogP contribution in [0.3, 0.4) is 0 Å². The quantitative estimate of drug-likeness (QED) is 0.470. The second-order valence-electron chi connectivity index (χ2n) is 8.73. The summed E-state index contributed by atoms with van der Waals surface area (Å²) in [6.45, 7) is 8.55. The molecule has 2 aromatic rings. The highest BCUT2D eigenvalue weighted by atomic mass is 19.4. The zero-order valence-electron chi connectivity index (χ0n) is 16.9. The molecule has 2 rings (SSSR count). The van der Waals surface area contributed by atoms with Crippen LogP contribution in [-0.2, 0) is 23.4 Å². The molecule has 2 aromatic carbocycles. The summed E-state index contributed by atoms with van der Waals surface area (Å²) in [5.74, 6) is -0.331. The van der Waals surface area contributed by atoms with Crippen molar-refractivity contribution in [3.05, 3.63) is 64.7 Å². The third-order valence-corrected chi connectivity index (χ3v) is 4.69. The van der Waals surface area contributed by atoms with Gasteiger partial charge < -0.3 is 4.74 Å². The van der Waals surface area contributed by atoms with Gasteiger partial charge in [0.1, 0.15) is 5.75 Å². The van der Waals surface area contributed by atoms with E-state index >= 15 is 0 Å². The zero-order chi connectivity index (χ0) is 22.3. The largest absolute Gasteiger partial charge is 0.573 e. The molecule has 0 aliphatic heterocycles. The number of hydrogen-bond acceptors (Lipinski definition) is 1. The highest BCUT2D eigenvalue weighted by Crippen LogP contribution is 2.40. The maximum atomic E-state index is 13.4. The van der Waals surface area contributed by atoms with E-state index in [4.69, 9.17) is 0 Å². The minimum atomic E-state index is -4.86. The van der Waals surface area contributed by atoms with Gasteiger partial charge in [-0.25, -0.2) is 0 Å². The normalized spacial score (nSPS) is 13.5. The Bertz CT molecular complexity index is 857. The summed E-state index contributed by atoms with van der Waals surface area (Å²) in [4.78, 5) is 0. The van der Waals surface area contributed by atoms with Crippen LogP contribution >= 0.6 is 0 Å². The Kier molecular flexibility index (Phi) is 6.04. The maximum absolute atomic E-state index is 13.4. The molecule has 0 bridgehead atoms. The predicted octanol–water partition coefficient (Wildman–Crippen LogP) is 7.42. The van der Waals surface area contributed by atoms with Crippen molar-refractivity contribution >= 4 is 0 Å². The molecule has 160 valence electrons. The van der Waals surface area contributed by atoms with E-state index in [0.29, 0.717) is 11.1 Å². The second-order valence-corrected chi connectivity index (χ2v) is 8.73. The summed E-state index contributed by atoms with van der Waals surface area (Å²) in [5, 5.41) is 0. The van der Waals surface area contributed by atoms with E-state index in [2.05, 4.69) is 4.74 Å². The molecular weight excluding hydrogens is 394 g/mol. The smallest absolute Gasteiger partial charge is 0.405 e. The summed E-state index contributed by atoms with van der Waals surface area (Å²) < 4.78 is 83.1. The van der Waals surface area contributed by atoms with Gasteiger partial charge in [0.25, 0.3) is 0 Å². The molecule has 29 heavy (non-hydrogen) atoms. The van der Waals surface area contributed by atoms with E-state index in [1.54, 1.807) is 46.8 Å². The Morgan fingerprint density at radius 3 is 1.76 bits per heavy atom. The van der Waals surface area contributed by atoms with Gasteiger partial charge in [-0.2, -0.15) is 13.2 Å². The van der Waals surface area contributed by atoms with Gasteiger partial charge in [-0.3, -0.25) is 0 Å². The molecule has 1 nitrogen and oxygen atoms in total. The summed E-state index contributed by atoms with van der Waals surface area (Å²) in [6.07, 6.45) is -9.27. The zero-order valence-corrected chi connectivity index (χ0v) is 16.9. The fourth-order valence-corrected chi connectivity index (χ4v) is 3.43. The number of benzene rings is 2. The topological polar surface area (TPSA) is 9.23 Å².